The van der Waals surface area contributed by atoms with E-state index in [2.05, 4.69) is 9.88 Å². The van der Waals surface area contributed by atoms with Crippen LogP contribution in [-0.4, -0.2) is 4.98 Å². The fourth-order valence-corrected chi connectivity index (χ4v) is 2.63. The molecule has 0 atom stereocenters. The van der Waals surface area contributed by atoms with E-state index in [1.807, 2.05) is 60.7 Å². The molecule has 0 bridgehead atoms. The Morgan fingerprint density at radius 2 is 1.05 bits per heavy atom. The van der Waals surface area contributed by atoms with Gasteiger partial charge in [-0.25, -0.2) is 4.98 Å². The van der Waals surface area contributed by atoms with Gasteiger partial charge in [0.1, 0.15) is 10.3 Å². The van der Waals surface area contributed by atoms with E-state index in [1.165, 1.54) is 0 Å². The molecule has 104 valence electrons. The lowest BCUT2D eigenvalue weighted by Crippen LogP contribution is -2.09. The fourth-order valence-electron chi connectivity index (χ4n) is 2.18. The average molecular weight is 315 g/mol. The first-order valence-electron chi connectivity index (χ1n) is 6.47. The minimum atomic E-state index is 0.370. The second-order valence-electron chi connectivity index (χ2n) is 4.48. The van der Waals surface area contributed by atoms with Crippen molar-refractivity contribution in [2.75, 3.05) is 4.90 Å². The van der Waals surface area contributed by atoms with E-state index in [-0.39, 0.29) is 0 Å². The zero-order valence-electron chi connectivity index (χ0n) is 11.1. The number of rotatable bonds is 3. The molecule has 0 saturated carbocycles. The first-order chi connectivity index (χ1) is 10.2. The van der Waals surface area contributed by atoms with Crippen LogP contribution in [0.5, 0.6) is 0 Å². The Morgan fingerprint density at radius 1 is 0.619 bits per heavy atom. The van der Waals surface area contributed by atoms with Crippen LogP contribution in [0.25, 0.3) is 0 Å². The molecule has 3 aromatic rings. The summed E-state index contributed by atoms with van der Waals surface area (Å²) in [4.78, 5) is 6.09. The molecule has 0 aliphatic carbocycles. The van der Waals surface area contributed by atoms with Crippen molar-refractivity contribution in [2.24, 2.45) is 0 Å². The van der Waals surface area contributed by atoms with Crippen LogP contribution in [0.4, 0.5) is 17.1 Å². The van der Waals surface area contributed by atoms with Crippen LogP contribution in [0.2, 0.25) is 10.3 Å². The molecule has 3 rings (SSSR count). The van der Waals surface area contributed by atoms with Crippen LogP contribution in [0.3, 0.4) is 0 Å². The Kier molecular flexibility index (Phi) is 4.09. The summed E-state index contributed by atoms with van der Waals surface area (Å²) >= 11 is 12.1. The van der Waals surface area contributed by atoms with Crippen LogP contribution >= 0.6 is 23.2 Å². The normalized spacial score (nSPS) is 10.4. The third-order valence-electron chi connectivity index (χ3n) is 3.03. The number of halogens is 2. The van der Waals surface area contributed by atoms with Gasteiger partial charge in [-0.2, -0.15) is 0 Å². The molecule has 21 heavy (non-hydrogen) atoms. The van der Waals surface area contributed by atoms with Gasteiger partial charge >= 0.3 is 0 Å². The number of nitrogens with zero attached hydrogens (tertiary/aromatic N) is 2. The Labute approximate surface area is 133 Å². The zero-order chi connectivity index (χ0) is 14.7. The van der Waals surface area contributed by atoms with Gasteiger partial charge in [0, 0.05) is 11.4 Å². The molecule has 0 unspecified atom stereocenters. The van der Waals surface area contributed by atoms with Crippen LogP contribution in [-0.2, 0) is 0 Å². The second-order valence-corrected chi connectivity index (χ2v) is 5.25. The number of para-hydroxylation sites is 2. The van der Waals surface area contributed by atoms with E-state index in [4.69, 9.17) is 23.2 Å². The van der Waals surface area contributed by atoms with Gasteiger partial charge in [0.05, 0.1) is 5.69 Å². The average Bonchev–Trinajstić information content (AvgIpc) is 2.49. The molecule has 0 spiro atoms. The predicted octanol–water partition coefficient (Wildman–Crippen LogP) is 5.86. The minimum Gasteiger partial charge on any atom is -0.310 e. The highest BCUT2D eigenvalue weighted by atomic mass is 35.5. The molecule has 0 N–H and O–H groups in total. The van der Waals surface area contributed by atoms with Gasteiger partial charge < -0.3 is 4.90 Å². The topological polar surface area (TPSA) is 16.1 Å². The van der Waals surface area contributed by atoms with Crippen molar-refractivity contribution in [1.82, 2.24) is 4.98 Å². The highest BCUT2D eigenvalue weighted by molar-refractivity contribution is 6.32. The molecule has 1 heterocycles. The van der Waals surface area contributed by atoms with Crippen LogP contribution in [0.1, 0.15) is 0 Å². The maximum Gasteiger partial charge on any atom is 0.132 e. The van der Waals surface area contributed by atoms with Crippen molar-refractivity contribution in [1.29, 1.82) is 0 Å². The first-order valence-corrected chi connectivity index (χ1v) is 7.23. The van der Waals surface area contributed by atoms with Crippen LogP contribution in [0, 0.1) is 0 Å². The molecule has 2 aromatic carbocycles. The summed E-state index contributed by atoms with van der Waals surface area (Å²) in [6, 6.07) is 23.7. The molecule has 4 heteroatoms. The molecule has 0 saturated heterocycles. The Hall–Kier alpha value is -2.03. The monoisotopic (exact) mass is 314 g/mol. The highest BCUT2D eigenvalue weighted by Gasteiger charge is 2.13. The lowest BCUT2D eigenvalue weighted by atomic mass is 10.2. The molecule has 1 aromatic heterocycles. The molecule has 0 aliphatic heterocycles. The molecule has 0 amide bonds. The highest BCUT2D eigenvalue weighted by Crippen LogP contribution is 2.35. The molecular weight excluding hydrogens is 303 g/mol. The van der Waals surface area contributed by atoms with E-state index in [0.29, 0.717) is 10.3 Å². The third-order valence-corrected chi connectivity index (χ3v) is 3.42. The van der Waals surface area contributed by atoms with Crippen LogP contribution in [0.15, 0.2) is 72.8 Å². The van der Waals surface area contributed by atoms with Crippen molar-refractivity contribution < 1.29 is 0 Å². The summed E-state index contributed by atoms with van der Waals surface area (Å²) in [6.45, 7) is 0. The number of aromatic nitrogens is 1. The lowest BCUT2D eigenvalue weighted by molar-refractivity contribution is 1.24. The van der Waals surface area contributed by atoms with Crippen molar-refractivity contribution in [2.45, 2.75) is 0 Å². The second kappa shape index (κ2) is 6.17. The number of anilines is 3. The van der Waals surface area contributed by atoms with Gasteiger partial charge in [-0.3, -0.25) is 0 Å². The standard InChI is InChI=1S/C17H12Cl2N2/c18-16-11-15(12-17(19)20-16)21(13-7-3-1-4-8-13)14-9-5-2-6-10-14/h1-12H. The number of benzene rings is 2. The van der Waals surface area contributed by atoms with E-state index < -0.39 is 0 Å². The largest absolute Gasteiger partial charge is 0.310 e. The number of pyridine rings is 1. The van der Waals surface area contributed by atoms with E-state index >= 15 is 0 Å². The van der Waals surface area contributed by atoms with Gasteiger partial charge in [-0.15, -0.1) is 0 Å². The maximum atomic E-state index is 6.05. The summed E-state index contributed by atoms with van der Waals surface area (Å²) < 4.78 is 0. The fraction of sp³-hybridized carbons (Fsp3) is 0. The van der Waals surface area contributed by atoms with E-state index in [0.717, 1.165) is 17.1 Å². The van der Waals surface area contributed by atoms with E-state index in [9.17, 15) is 0 Å². The van der Waals surface area contributed by atoms with Crippen LogP contribution < -0.4 is 4.90 Å². The predicted molar refractivity (Wildman–Crippen MR) is 88.9 cm³/mol. The SMILES string of the molecule is Clc1cc(N(c2ccccc2)c2ccccc2)cc(Cl)n1. The van der Waals surface area contributed by atoms with Crippen molar-refractivity contribution in [3.8, 4) is 0 Å². The minimum absolute atomic E-state index is 0.370. The molecule has 2 nitrogen and oxygen atoms in total. The van der Waals surface area contributed by atoms with Gasteiger partial charge in [0.2, 0.25) is 0 Å². The van der Waals surface area contributed by atoms with Crippen molar-refractivity contribution in [3.05, 3.63) is 83.1 Å². The quantitative estimate of drug-likeness (QED) is 0.563. The summed E-state index contributed by atoms with van der Waals surface area (Å²) in [5.74, 6) is 0. The lowest BCUT2D eigenvalue weighted by Gasteiger charge is -2.25. The number of hydrogen-bond acceptors (Lipinski definition) is 2. The maximum absolute atomic E-state index is 6.05. The van der Waals surface area contributed by atoms with Gasteiger partial charge in [-0.1, -0.05) is 59.6 Å². The molecule has 0 aliphatic rings. The van der Waals surface area contributed by atoms with Gasteiger partial charge in [-0.05, 0) is 36.4 Å². The van der Waals surface area contributed by atoms with Gasteiger partial charge in [0.15, 0.2) is 0 Å². The molecular formula is C17H12Cl2N2. The van der Waals surface area contributed by atoms with Gasteiger partial charge in [0.25, 0.3) is 0 Å². The third kappa shape index (κ3) is 3.18. The summed E-state index contributed by atoms with van der Waals surface area (Å²) in [5.41, 5.74) is 2.93. The van der Waals surface area contributed by atoms with E-state index in [1.54, 1.807) is 12.1 Å². The zero-order valence-corrected chi connectivity index (χ0v) is 12.6. The summed E-state index contributed by atoms with van der Waals surface area (Å²) in [5, 5.41) is 0.740. The van der Waals surface area contributed by atoms with Crippen molar-refractivity contribution >= 4 is 40.3 Å². The Bertz CT molecular complexity index is 671. The van der Waals surface area contributed by atoms with Crippen molar-refractivity contribution in [3.63, 3.8) is 0 Å². The first kappa shape index (κ1) is 13.9. The Balaban J connectivity index is 2.17. The summed E-state index contributed by atoms with van der Waals surface area (Å²) in [7, 11) is 0. The summed E-state index contributed by atoms with van der Waals surface area (Å²) in [6.07, 6.45) is 0. The number of hydrogen-bond donors (Lipinski definition) is 0. The molecule has 0 radical (unpaired) electrons. The smallest absolute Gasteiger partial charge is 0.132 e. The molecule has 0 fully saturated rings. The Morgan fingerprint density at radius 3 is 1.48 bits per heavy atom.